The molecular formula is C72H101N5O6S2. The average molecular weight is 1200 g/mol. The van der Waals surface area contributed by atoms with E-state index < -0.39 is 17.3 Å². The highest BCUT2D eigenvalue weighted by molar-refractivity contribution is 8.77. The van der Waals surface area contributed by atoms with Gasteiger partial charge in [0, 0.05) is 78.9 Å². The van der Waals surface area contributed by atoms with Gasteiger partial charge in [0.15, 0.2) is 17.5 Å². The normalized spacial score (nSPS) is 42.5. The van der Waals surface area contributed by atoms with E-state index in [4.69, 9.17) is 20.2 Å². The largest absolute Gasteiger partial charge is 0.504 e. The molecule has 11 nitrogen and oxygen atoms in total. The summed E-state index contributed by atoms with van der Waals surface area (Å²) in [7, 11) is 6.51. The van der Waals surface area contributed by atoms with Crippen molar-refractivity contribution in [1.29, 1.82) is 0 Å². The Morgan fingerprint density at radius 2 is 1.66 bits per heavy atom. The fourth-order valence-electron chi connectivity index (χ4n) is 24.4. The third kappa shape index (κ3) is 9.21. The smallest absolute Gasteiger partial charge is 0.303 e. The van der Waals surface area contributed by atoms with Gasteiger partial charge in [0.2, 0.25) is 5.91 Å². The fraction of sp³-hybridized carbons (Fsp3) is 0.764. The van der Waals surface area contributed by atoms with Crippen molar-refractivity contribution in [2.24, 2.45) is 73.3 Å². The van der Waals surface area contributed by atoms with Crippen molar-refractivity contribution in [1.82, 2.24) is 15.5 Å². The number of nitrogens with one attached hydrogen (secondary N) is 2. The first kappa shape index (κ1) is 58.0. The molecule has 18 rings (SSSR count). The van der Waals surface area contributed by atoms with Crippen LogP contribution in [-0.2, 0) is 27.3 Å². The third-order valence-electron chi connectivity index (χ3n) is 28.0. The lowest BCUT2D eigenvalue weighted by atomic mass is 9.45. The van der Waals surface area contributed by atoms with Crippen LogP contribution < -0.4 is 21.1 Å². The van der Waals surface area contributed by atoms with E-state index >= 15 is 4.79 Å². The number of aliphatic hydroxyl groups excluding tert-OH is 1. The highest BCUT2D eigenvalue weighted by Gasteiger charge is 2.71. The molecule has 2 aromatic carbocycles. The second-order valence-corrected chi connectivity index (χ2v) is 33.9. The van der Waals surface area contributed by atoms with Gasteiger partial charge in [-0.25, -0.2) is 0 Å². The fourth-order valence-corrected chi connectivity index (χ4v) is 28.4. The van der Waals surface area contributed by atoms with Crippen molar-refractivity contribution < 1.29 is 29.3 Å². The van der Waals surface area contributed by atoms with Crippen LogP contribution in [0.15, 0.2) is 53.5 Å². The summed E-state index contributed by atoms with van der Waals surface area (Å²) in [6, 6.07) is 13.1. The number of carbonyl (C=O) groups excluding carboxylic acids is 2. The van der Waals surface area contributed by atoms with Gasteiger partial charge < -0.3 is 41.0 Å². The SMILES string of the molecule is CNC[C@@H]1CC[C@@]2(CC[C@@]3(C[C@@H]4CC[C@H]3CSS[C@@]3(CCCC35CCCC5)NC(N)=NC[C@@H]3CC[C@@H](c5ccccc5)[C@]35CC(=O)N(Cc3cc(c6c(c3O)O[C@]37C=C[C@H]6C[C@H]3CCC7)CC[C@]3(OC(C)=O)CC[C@@H]4[C@H](O)C3)C5)C23CCCC3)C1. The molecule has 6 heterocycles. The summed E-state index contributed by atoms with van der Waals surface area (Å²) in [4.78, 5) is 35.9. The maximum atomic E-state index is 15.1. The van der Waals surface area contributed by atoms with Gasteiger partial charge in [-0.2, -0.15) is 0 Å². The zero-order valence-electron chi connectivity index (χ0n) is 51.6. The number of nitrogens with two attached hydrogens (primary N) is 1. The van der Waals surface area contributed by atoms with Crippen molar-refractivity contribution in [3.8, 4) is 11.5 Å². The molecule has 6 N–H and O–H groups in total. The quantitative estimate of drug-likeness (QED) is 0.113. The van der Waals surface area contributed by atoms with E-state index in [1.165, 1.54) is 115 Å². The Bertz CT molecular complexity index is 2940. The van der Waals surface area contributed by atoms with Crippen LogP contribution in [-0.4, -0.2) is 87.6 Å². The number of amides is 1. The van der Waals surface area contributed by atoms with Crippen LogP contribution in [0.25, 0.3) is 0 Å². The summed E-state index contributed by atoms with van der Waals surface area (Å²) >= 11 is 0. The molecule has 1 amide bonds. The minimum absolute atomic E-state index is 0.0862. The lowest BCUT2D eigenvalue weighted by molar-refractivity contribution is -0.173. The molecule has 0 radical (unpaired) electrons. The van der Waals surface area contributed by atoms with Gasteiger partial charge in [0.05, 0.1) is 6.10 Å². The van der Waals surface area contributed by atoms with E-state index in [-0.39, 0.29) is 69.0 Å². The number of ether oxygens (including phenoxy) is 2. The Balaban J connectivity index is 0.828. The molecular weight excluding hydrogens is 1090 g/mol. The summed E-state index contributed by atoms with van der Waals surface area (Å²) in [5.74, 6) is 5.10. The topological polar surface area (TPSA) is 159 Å². The highest BCUT2D eigenvalue weighted by Crippen LogP contribution is 2.80. The van der Waals surface area contributed by atoms with Crippen LogP contribution >= 0.6 is 21.6 Å². The minimum atomic E-state index is -0.820. The Labute approximate surface area is 515 Å². The van der Waals surface area contributed by atoms with E-state index in [2.05, 4.69) is 87.8 Å². The number of nitrogens with zero attached hydrogens (tertiary/aromatic N) is 2. The molecule has 13 heteroatoms. The number of aromatic hydroxyl groups is 1. The monoisotopic (exact) mass is 1200 g/mol. The molecule has 9 saturated carbocycles. The number of aryl methyl sites for hydroxylation is 1. The maximum Gasteiger partial charge on any atom is 0.303 e. The first-order valence-electron chi connectivity index (χ1n) is 34.7. The molecule has 0 aromatic heterocycles. The number of allylic oxidation sites excluding steroid dienone is 1. The molecule has 15 atom stereocenters. The third-order valence-corrected chi connectivity index (χ3v) is 31.2. The Hall–Kier alpha value is -3.39. The zero-order valence-corrected chi connectivity index (χ0v) is 53.2. The summed E-state index contributed by atoms with van der Waals surface area (Å²) in [6.45, 7) is 4.13. The van der Waals surface area contributed by atoms with Crippen molar-refractivity contribution in [3.05, 3.63) is 70.8 Å². The number of fused-ring (bicyclic) bond motifs is 3. The highest BCUT2D eigenvalue weighted by atomic mass is 33.1. The predicted octanol–water partition coefficient (Wildman–Crippen LogP) is 14.2. The van der Waals surface area contributed by atoms with Crippen LogP contribution in [0.5, 0.6) is 11.5 Å². The second-order valence-electron chi connectivity index (χ2n) is 31.3. The van der Waals surface area contributed by atoms with Crippen molar-refractivity contribution in [2.75, 3.05) is 32.4 Å². The van der Waals surface area contributed by atoms with Crippen LogP contribution in [0.3, 0.4) is 0 Å². The number of benzene rings is 2. The zero-order chi connectivity index (χ0) is 58.0. The Kier molecular flexibility index (Phi) is 15.0. The second kappa shape index (κ2) is 21.9. The number of aliphatic imine (C=N–C) groups is 1. The molecule has 462 valence electrons. The standard InChI is InChI=1S/C72H101N5O6S2/c1-47(78)82-67-31-20-50-36-53(62(81)63-61(50)51-21-33-70(83-63)26-10-14-54(70)37-51)44-77-46-68(41-60(77)80)55(17-18-58(68)49-12-4-3-5-13-49)43-75-64(73)76-72(29-11-25-65(72)23-6-7-24-65)85-84-45-56-16-15-52(57(22-32-67)59(79)40-67)39-69(56)35-34-66(71(69)27-8-9-28-71)30-19-48(38-66)42-74-2/h3-5,12-13,21,33,36,48,51-52,54-59,74,79,81H,6-11,14-20,22-32,34-35,37-46H2,1-2H3,(H3,73,75,76)/t48-,51+,52+,54-,55+,56+,57+,58+,59-,66-,67+,68+,69+,70-,72-/m1/s1. The van der Waals surface area contributed by atoms with Gasteiger partial charge in [0.25, 0.3) is 0 Å². The first-order valence-corrected chi connectivity index (χ1v) is 37.0. The number of aliphatic hydroxyl groups is 1. The molecule has 6 aliphatic heterocycles. The molecule has 10 fully saturated rings. The number of phenolic OH excluding ortho intramolecular Hbond substituents is 1. The summed E-state index contributed by atoms with van der Waals surface area (Å²) in [6.07, 6.45) is 38.3. The average Bonchev–Trinajstić information content (AvgIpc) is 1.55. The maximum absolute atomic E-state index is 15.1. The van der Waals surface area contributed by atoms with Gasteiger partial charge in [-0.3, -0.25) is 14.6 Å². The van der Waals surface area contributed by atoms with Crippen LogP contribution in [0.2, 0.25) is 0 Å². The van der Waals surface area contributed by atoms with Gasteiger partial charge >= 0.3 is 5.97 Å². The number of hydrogen-bond donors (Lipinski definition) is 5. The Morgan fingerprint density at radius 3 is 2.47 bits per heavy atom. The molecule has 10 bridgehead atoms. The van der Waals surface area contributed by atoms with Crippen molar-refractivity contribution >= 4 is 39.4 Å². The Morgan fingerprint density at radius 1 is 0.847 bits per heavy atom. The number of guanidine groups is 1. The molecule has 16 aliphatic rings. The molecule has 2 aromatic rings. The molecule has 85 heavy (non-hydrogen) atoms. The van der Waals surface area contributed by atoms with E-state index in [9.17, 15) is 15.0 Å². The van der Waals surface area contributed by atoms with Crippen LogP contribution in [0.4, 0.5) is 0 Å². The van der Waals surface area contributed by atoms with Gasteiger partial charge in [-0.1, -0.05) is 83.7 Å². The summed E-state index contributed by atoms with van der Waals surface area (Å²) in [5.41, 5.74) is 11.1. The van der Waals surface area contributed by atoms with E-state index in [1.807, 2.05) is 4.90 Å². The minimum Gasteiger partial charge on any atom is -0.504 e. The lowest BCUT2D eigenvalue weighted by Gasteiger charge is -2.60. The van der Waals surface area contributed by atoms with Crippen molar-refractivity contribution in [3.63, 3.8) is 0 Å². The number of phenols is 1. The van der Waals surface area contributed by atoms with Crippen molar-refractivity contribution in [2.45, 2.75) is 247 Å². The number of carbonyl (C=O) groups is 2. The lowest BCUT2D eigenvalue weighted by Crippen LogP contribution is -2.56. The molecule has 0 unspecified atom stereocenters. The van der Waals surface area contributed by atoms with E-state index in [0.717, 1.165) is 99.1 Å². The summed E-state index contributed by atoms with van der Waals surface area (Å²) < 4.78 is 13.9. The van der Waals surface area contributed by atoms with Crippen LogP contribution in [0, 0.1) is 62.6 Å². The van der Waals surface area contributed by atoms with Crippen LogP contribution in [0.1, 0.15) is 234 Å². The number of rotatable bonds is 4. The molecule has 7 spiro atoms. The van der Waals surface area contributed by atoms with Gasteiger partial charge in [-0.15, -0.1) is 0 Å². The number of esters is 1. The first-order chi connectivity index (χ1) is 41.2. The van der Waals surface area contributed by atoms with E-state index in [0.29, 0.717) is 79.1 Å². The summed E-state index contributed by atoms with van der Waals surface area (Å²) in [5, 5.41) is 33.6. The van der Waals surface area contributed by atoms with Gasteiger partial charge in [-0.05, 0) is 249 Å². The number of hydrogen-bond acceptors (Lipinski definition) is 12. The predicted molar refractivity (Wildman–Crippen MR) is 340 cm³/mol. The van der Waals surface area contributed by atoms with E-state index in [1.54, 1.807) is 6.92 Å². The molecule has 1 saturated heterocycles. The van der Waals surface area contributed by atoms with Gasteiger partial charge in [0.1, 0.15) is 16.1 Å². The molecule has 10 aliphatic carbocycles.